The molecule has 4 rings (SSSR count). The molecule has 2 aromatic carbocycles. The van der Waals surface area contributed by atoms with Gasteiger partial charge in [0.1, 0.15) is 0 Å². The van der Waals surface area contributed by atoms with Gasteiger partial charge in [0.25, 0.3) is 0 Å². The van der Waals surface area contributed by atoms with E-state index in [4.69, 9.17) is 4.74 Å². The van der Waals surface area contributed by atoms with E-state index in [-0.39, 0.29) is 18.3 Å². The molecule has 1 aliphatic carbocycles. The molecule has 1 saturated heterocycles. The first-order chi connectivity index (χ1) is 13.1. The molecule has 27 heavy (non-hydrogen) atoms. The largest absolute Gasteiger partial charge is 0.394 e. The summed E-state index contributed by atoms with van der Waals surface area (Å²) in [5, 5.41) is 9.75. The van der Waals surface area contributed by atoms with Gasteiger partial charge in [0.2, 0.25) is 0 Å². The van der Waals surface area contributed by atoms with Gasteiger partial charge in [-0.3, -0.25) is 0 Å². The molecule has 0 amide bonds. The maximum Gasteiger partial charge on any atom is 0.0970 e. The Hall–Kier alpha value is -1.64. The number of ether oxygens (including phenoxy) is 1. The zero-order valence-electron chi connectivity index (χ0n) is 16.9. The highest BCUT2D eigenvalue weighted by Gasteiger charge is 2.50. The van der Waals surface area contributed by atoms with Crippen LogP contribution in [-0.4, -0.2) is 17.8 Å². The molecule has 1 aliphatic heterocycles. The van der Waals surface area contributed by atoms with Gasteiger partial charge in [0.15, 0.2) is 0 Å². The van der Waals surface area contributed by atoms with Crippen LogP contribution in [0, 0.1) is 11.8 Å². The molecule has 2 aromatic rings. The molecule has 0 bridgehead atoms. The van der Waals surface area contributed by atoms with Crippen molar-refractivity contribution in [1.82, 2.24) is 0 Å². The first-order valence-corrected chi connectivity index (χ1v) is 10.5. The van der Waals surface area contributed by atoms with E-state index in [1.54, 1.807) is 0 Å². The van der Waals surface area contributed by atoms with Gasteiger partial charge in [-0.1, -0.05) is 63.2 Å². The van der Waals surface area contributed by atoms with Crippen molar-refractivity contribution in [1.29, 1.82) is 0 Å². The van der Waals surface area contributed by atoms with Crippen LogP contribution in [0.4, 0.5) is 0 Å². The molecule has 1 spiro atoms. The Morgan fingerprint density at radius 1 is 1.04 bits per heavy atom. The molecule has 0 saturated carbocycles. The van der Waals surface area contributed by atoms with Crippen molar-refractivity contribution in [2.75, 3.05) is 6.61 Å². The second kappa shape index (κ2) is 7.41. The average molecular weight is 365 g/mol. The standard InChI is InChI=1S/C25H32O2/c1-4-19-5-7-20(8-6-19)14-21-9-10-22-11-12-25(24(22)15-21)18(3)17(2)13-23(16-26)27-25/h5-10,15,17-18,23,26H,4,11-14,16H2,1-3H3. The molecule has 0 radical (unpaired) electrons. The Balaban J connectivity index is 1.65. The van der Waals surface area contributed by atoms with Crippen molar-refractivity contribution in [3.8, 4) is 0 Å². The summed E-state index contributed by atoms with van der Waals surface area (Å²) >= 11 is 0. The fourth-order valence-electron chi connectivity index (χ4n) is 5.17. The van der Waals surface area contributed by atoms with Crippen molar-refractivity contribution >= 4 is 0 Å². The lowest BCUT2D eigenvalue weighted by molar-refractivity contribution is -0.192. The van der Waals surface area contributed by atoms with E-state index in [9.17, 15) is 5.11 Å². The predicted octanol–water partition coefficient (Wildman–Crippen LogP) is 5.03. The van der Waals surface area contributed by atoms with Crippen LogP contribution in [0.1, 0.15) is 61.4 Å². The highest BCUT2D eigenvalue weighted by Crippen LogP contribution is 2.52. The van der Waals surface area contributed by atoms with Gasteiger partial charge < -0.3 is 9.84 Å². The Labute approximate surface area is 163 Å². The smallest absolute Gasteiger partial charge is 0.0970 e. The summed E-state index contributed by atoms with van der Waals surface area (Å²) in [4.78, 5) is 0. The van der Waals surface area contributed by atoms with Crippen LogP contribution in [0.5, 0.6) is 0 Å². The molecule has 0 aromatic heterocycles. The van der Waals surface area contributed by atoms with Crippen LogP contribution in [-0.2, 0) is 29.6 Å². The fourth-order valence-corrected chi connectivity index (χ4v) is 5.17. The molecule has 4 unspecified atom stereocenters. The van der Waals surface area contributed by atoms with E-state index >= 15 is 0 Å². The normalized spacial score (nSPS) is 29.9. The van der Waals surface area contributed by atoms with Gasteiger partial charge in [-0.2, -0.15) is 0 Å². The molecule has 1 N–H and O–H groups in total. The minimum Gasteiger partial charge on any atom is -0.394 e. The highest BCUT2D eigenvalue weighted by atomic mass is 16.5. The maximum absolute atomic E-state index is 9.75. The highest BCUT2D eigenvalue weighted by molar-refractivity contribution is 5.43. The minimum atomic E-state index is -0.220. The predicted molar refractivity (Wildman–Crippen MR) is 110 cm³/mol. The molecule has 144 valence electrons. The summed E-state index contributed by atoms with van der Waals surface area (Å²) in [7, 11) is 0. The van der Waals surface area contributed by atoms with E-state index in [1.807, 2.05) is 0 Å². The SMILES string of the molecule is CCc1ccc(Cc2ccc3c(c2)C2(CC3)OC(CO)CC(C)C2C)cc1. The molecule has 2 aliphatic rings. The Kier molecular flexibility index (Phi) is 5.13. The molecule has 1 fully saturated rings. The van der Waals surface area contributed by atoms with Crippen LogP contribution in [0.25, 0.3) is 0 Å². The fraction of sp³-hybridized carbons (Fsp3) is 0.520. The van der Waals surface area contributed by atoms with Gasteiger partial charge in [-0.15, -0.1) is 0 Å². The van der Waals surface area contributed by atoms with Crippen molar-refractivity contribution in [3.63, 3.8) is 0 Å². The Morgan fingerprint density at radius 3 is 2.44 bits per heavy atom. The lowest BCUT2D eigenvalue weighted by Crippen LogP contribution is -2.47. The average Bonchev–Trinajstić information content (AvgIpc) is 3.05. The summed E-state index contributed by atoms with van der Waals surface area (Å²) in [6.45, 7) is 6.97. The van der Waals surface area contributed by atoms with E-state index in [0.717, 1.165) is 32.1 Å². The number of fused-ring (bicyclic) bond motifs is 2. The number of aryl methyl sites for hydroxylation is 2. The van der Waals surface area contributed by atoms with Gasteiger partial charge >= 0.3 is 0 Å². The van der Waals surface area contributed by atoms with Crippen molar-refractivity contribution in [2.45, 2.75) is 64.6 Å². The van der Waals surface area contributed by atoms with Crippen LogP contribution in [0.2, 0.25) is 0 Å². The topological polar surface area (TPSA) is 29.5 Å². The third kappa shape index (κ3) is 3.34. The van der Waals surface area contributed by atoms with Crippen LogP contribution < -0.4 is 0 Å². The van der Waals surface area contributed by atoms with Crippen molar-refractivity contribution in [3.05, 3.63) is 70.3 Å². The first kappa shape index (κ1) is 18.7. The molecular formula is C25H32O2. The van der Waals surface area contributed by atoms with Crippen LogP contribution >= 0.6 is 0 Å². The van der Waals surface area contributed by atoms with Gasteiger partial charge in [-0.05, 0) is 71.8 Å². The zero-order chi connectivity index (χ0) is 19.0. The number of rotatable bonds is 4. The lowest BCUT2D eigenvalue weighted by atomic mass is 9.72. The quantitative estimate of drug-likeness (QED) is 0.824. The molecule has 2 nitrogen and oxygen atoms in total. The van der Waals surface area contributed by atoms with E-state index in [0.29, 0.717) is 11.8 Å². The third-order valence-corrected chi connectivity index (χ3v) is 7.04. The zero-order valence-corrected chi connectivity index (χ0v) is 16.9. The third-order valence-electron chi connectivity index (χ3n) is 7.04. The monoisotopic (exact) mass is 364 g/mol. The summed E-state index contributed by atoms with van der Waals surface area (Å²) in [6, 6.07) is 16.0. The number of hydrogen-bond donors (Lipinski definition) is 1. The first-order valence-electron chi connectivity index (χ1n) is 10.5. The molecule has 2 heteroatoms. The van der Waals surface area contributed by atoms with Crippen LogP contribution in [0.15, 0.2) is 42.5 Å². The Bertz CT molecular complexity index is 794. The van der Waals surface area contributed by atoms with Gasteiger partial charge in [-0.25, -0.2) is 0 Å². The second-order valence-electron chi connectivity index (χ2n) is 8.65. The van der Waals surface area contributed by atoms with Crippen molar-refractivity contribution < 1.29 is 9.84 Å². The number of benzene rings is 2. The second-order valence-corrected chi connectivity index (χ2v) is 8.65. The lowest BCUT2D eigenvalue weighted by Gasteiger charge is -2.47. The van der Waals surface area contributed by atoms with Gasteiger partial charge in [0, 0.05) is 0 Å². The van der Waals surface area contributed by atoms with E-state index in [2.05, 4.69) is 63.2 Å². The Morgan fingerprint density at radius 2 is 1.74 bits per heavy atom. The number of aliphatic hydroxyl groups is 1. The molecule has 4 atom stereocenters. The summed E-state index contributed by atoms with van der Waals surface area (Å²) in [6.07, 6.45) is 5.09. The van der Waals surface area contributed by atoms with Gasteiger partial charge in [0.05, 0.1) is 18.3 Å². The van der Waals surface area contributed by atoms with Crippen molar-refractivity contribution in [2.24, 2.45) is 11.8 Å². The summed E-state index contributed by atoms with van der Waals surface area (Å²) in [5.41, 5.74) is 6.69. The van der Waals surface area contributed by atoms with E-state index in [1.165, 1.54) is 27.8 Å². The number of hydrogen-bond acceptors (Lipinski definition) is 2. The molecule has 1 heterocycles. The molecular weight excluding hydrogens is 332 g/mol. The minimum absolute atomic E-state index is 0.0348. The van der Waals surface area contributed by atoms with E-state index < -0.39 is 0 Å². The summed E-state index contributed by atoms with van der Waals surface area (Å²) in [5.74, 6) is 1.03. The maximum atomic E-state index is 9.75. The number of aliphatic hydroxyl groups excluding tert-OH is 1. The summed E-state index contributed by atoms with van der Waals surface area (Å²) < 4.78 is 6.58. The van der Waals surface area contributed by atoms with Crippen LogP contribution in [0.3, 0.4) is 0 Å².